The number of halogens is 3. The highest BCUT2D eigenvalue weighted by molar-refractivity contribution is 6.31. The van der Waals surface area contributed by atoms with E-state index in [0.29, 0.717) is 27.0 Å². The first kappa shape index (κ1) is 18.4. The Balaban J connectivity index is 1.69. The van der Waals surface area contributed by atoms with Gasteiger partial charge in [0.2, 0.25) is 5.91 Å². The Hall–Kier alpha value is -2.38. The summed E-state index contributed by atoms with van der Waals surface area (Å²) in [6.45, 7) is 3.63. The number of aryl methyl sites for hydroxylation is 1. The SMILES string of the molecule is Cc1nn(C(C)C(=O)Nc2cnn(Cc3c(F)cccc3Cl)c2)cc1Cl. The molecule has 2 heterocycles. The van der Waals surface area contributed by atoms with Crippen LogP contribution in [-0.2, 0) is 11.3 Å². The van der Waals surface area contributed by atoms with Crippen LogP contribution in [0.1, 0.15) is 24.2 Å². The van der Waals surface area contributed by atoms with Crippen molar-refractivity contribution in [3.05, 3.63) is 63.9 Å². The summed E-state index contributed by atoms with van der Waals surface area (Å²) >= 11 is 12.0. The van der Waals surface area contributed by atoms with E-state index in [4.69, 9.17) is 23.2 Å². The van der Waals surface area contributed by atoms with Gasteiger partial charge in [-0.1, -0.05) is 29.3 Å². The van der Waals surface area contributed by atoms with E-state index in [1.165, 1.54) is 21.6 Å². The van der Waals surface area contributed by atoms with Gasteiger partial charge in [-0.2, -0.15) is 10.2 Å². The summed E-state index contributed by atoms with van der Waals surface area (Å²) in [6, 6.07) is 3.95. The number of aromatic nitrogens is 4. The second-order valence-electron chi connectivity index (χ2n) is 5.83. The summed E-state index contributed by atoms with van der Waals surface area (Å²) in [5.74, 6) is -0.675. The van der Waals surface area contributed by atoms with Gasteiger partial charge in [-0.25, -0.2) is 4.39 Å². The molecule has 0 saturated carbocycles. The van der Waals surface area contributed by atoms with E-state index < -0.39 is 11.9 Å². The molecule has 26 heavy (non-hydrogen) atoms. The number of hydrogen-bond donors (Lipinski definition) is 1. The molecule has 0 bridgehead atoms. The molecule has 1 amide bonds. The molecule has 0 radical (unpaired) electrons. The van der Waals surface area contributed by atoms with Crippen molar-refractivity contribution >= 4 is 34.8 Å². The maximum Gasteiger partial charge on any atom is 0.249 e. The molecule has 2 aromatic heterocycles. The number of hydrogen-bond acceptors (Lipinski definition) is 3. The zero-order chi connectivity index (χ0) is 18.8. The molecule has 0 aliphatic carbocycles. The summed E-state index contributed by atoms with van der Waals surface area (Å²) in [7, 11) is 0. The third-order valence-corrected chi connectivity index (χ3v) is 4.64. The number of rotatable bonds is 5. The van der Waals surface area contributed by atoms with Crippen LogP contribution in [-0.4, -0.2) is 25.5 Å². The average Bonchev–Trinajstić information content (AvgIpc) is 3.17. The van der Waals surface area contributed by atoms with Gasteiger partial charge >= 0.3 is 0 Å². The van der Waals surface area contributed by atoms with E-state index in [1.54, 1.807) is 38.4 Å². The molecule has 1 unspecified atom stereocenters. The van der Waals surface area contributed by atoms with E-state index >= 15 is 0 Å². The van der Waals surface area contributed by atoms with Gasteiger partial charge in [-0.3, -0.25) is 14.2 Å². The van der Waals surface area contributed by atoms with Crippen molar-refractivity contribution in [1.82, 2.24) is 19.6 Å². The lowest BCUT2D eigenvalue weighted by molar-refractivity contribution is -0.119. The molecular weight excluding hydrogens is 380 g/mol. The molecule has 136 valence electrons. The van der Waals surface area contributed by atoms with Crippen molar-refractivity contribution in [3.8, 4) is 0 Å². The summed E-state index contributed by atoms with van der Waals surface area (Å²) in [6.07, 6.45) is 4.69. The van der Waals surface area contributed by atoms with Crippen molar-refractivity contribution in [2.45, 2.75) is 26.4 Å². The third kappa shape index (κ3) is 3.89. The molecular formula is C17H16Cl2FN5O. The molecule has 1 atom stereocenters. The minimum atomic E-state index is -0.550. The standard InChI is InChI=1S/C17H16Cl2FN5O/c1-10-15(19)9-25(23-10)11(2)17(26)22-12-6-21-24(7-12)8-13-14(18)4-3-5-16(13)20/h3-7,9,11H,8H2,1-2H3,(H,22,26). The smallest absolute Gasteiger partial charge is 0.249 e. The number of carbonyl (C=O) groups is 1. The number of carbonyl (C=O) groups excluding carboxylic acids is 1. The fourth-order valence-corrected chi connectivity index (χ4v) is 2.75. The molecule has 9 heteroatoms. The van der Waals surface area contributed by atoms with Crippen LogP contribution in [0.2, 0.25) is 10.0 Å². The number of nitrogens with one attached hydrogen (secondary N) is 1. The monoisotopic (exact) mass is 395 g/mol. The summed E-state index contributed by atoms with van der Waals surface area (Å²) in [4.78, 5) is 12.4. The lowest BCUT2D eigenvalue weighted by Gasteiger charge is -2.11. The average molecular weight is 396 g/mol. The molecule has 1 N–H and O–H groups in total. The first-order valence-electron chi connectivity index (χ1n) is 7.82. The van der Waals surface area contributed by atoms with Gasteiger partial charge in [-0.05, 0) is 26.0 Å². The second kappa shape index (κ2) is 7.47. The predicted molar refractivity (Wildman–Crippen MR) is 98.1 cm³/mol. The van der Waals surface area contributed by atoms with Crippen LogP contribution in [0.4, 0.5) is 10.1 Å². The van der Waals surface area contributed by atoms with E-state index in [1.807, 2.05) is 0 Å². The maximum absolute atomic E-state index is 13.9. The highest BCUT2D eigenvalue weighted by Gasteiger charge is 2.18. The zero-order valence-corrected chi connectivity index (χ0v) is 15.6. The molecule has 6 nitrogen and oxygen atoms in total. The van der Waals surface area contributed by atoms with E-state index in [0.717, 1.165) is 0 Å². The van der Waals surface area contributed by atoms with Crippen LogP contribution in [0.5, 0.6) is 0 Å². The summed E-state index contributed by atoms with van der Waals surface area (Å²) in [5.41, 5.74) is 1.48. The molecule has 0 spiro atoms. The molecule has 0 fully saturated rings. The van der Waals surface area contributed by atoms with Crippen LogP contribution in [0.25, 0.3) is 0 Å². The zero-order valence-electron chi connectivity index (χ0n) is 14.1. The molecule has 1 aromatic carbocycles. The molecule has 3 aromatic rings. The van der Waals surface area contributed by atoms with Crippen molar-refractivity contribution < 1.29 is 9.18 Å². The minimum Gasteiger partial charge on any atom is -0.322 e. The van der Waals surface area contributed by atoms with E-state index in [9.17, 15) is 9.18 Å². The molecule has 0 saturated heterocycles. The Labute approximate surface area is 159 Å². The van der Waals surface area contributed by atoms with Crippen LogP contribution in [0.15, 0.2) is 36.8 Å². The van der Waals surface area contributed by atoms with Gasteiger partial charge in [0.15, 0.2) is 0 Å². The van der Waals surface area contributed by atoms with Crippen molar-refractivity contribution in [2.75, 3.05) is 5.32 Å². The Bertz CT molecular complexity index is 913. The lowest BCUT2D eigenvalue weighted by atomic mass is 10.2. The molecule has 0 aliphatic rings. The maximum atomic E-state index is 13.9. The fourth-order valence-electron chi connectivity index (χ4n) is 2.38. The van der Waals surface area contributed by atoms with Crippen molar-refractivity contribution in [2.24, 2.45) is 0 Å². The van der Waals surface area contributed by atoms with Gasteiger partial charge < -0.3 is 5.32 Å². The van der Waals surface area contributed by atoms with Crippen molar-refractivity contribution in [3.63, 3.8) is 0 Å². The topological polar surface area (TPSA) is 64.7 Å². The van der Waals surface area contributed by atoms with Crippen LogP contribution in [0.3, 0.4) is 0 Å². The Morgan fingerprint density at radius 3 is 2.73 bits per heavy atom. The largest absolute Gasteiger partial charge is 0.322 e. The van der Waals surface area contributed by atoms with Gasteiger partial charge in [0.25, 0.3) is 0 Å². The summed E-state index contributed by atoms with van der Waals surface area (Å²) < 4.78 is 16.9. The second-order valence-corrected chi connectivity index (χ2v) is 6.65. The van der Waals surface area contributed by atoms with Gasteiger partial charge in [-0.15, -0.1) is 0 Å². The van der Waals surface area contributed by atoms with Gasteiger partial charge in [0.1, 0.15) is 11.9 Å². The number of benzene rings is 1. The Kier molecular flexibility index (Phi) is 5.29. The highest BCUT2D eigenvalue weighted by atomic mass is 35.5. The number of nitrogens with zero attached hydrogens (tertiary/aromatic N) is 4. The van der Waals surface area contributed by atoms with Crippen LogP contribution in [0, 0.1) is 12.7 Å². The van der Waals surface area contributed by atoms with Crippen molar-refractivity contribution in [1.29, 1.82) is 0 Å². The molecule has 3 rings (SSSR count). The fraction of sp³-hybridized carbons (Fsp3) is 0.235. The summed E-state index contributed by atoms with van der Waals surface area (Å²) in [5, 5.41) is 11.9. The van der Waals surface area contributed by atoms with Gasteiger partial charge in [0.05, 0.1) is 29.1 Å². The minimum absolute atomic E-state index is 0.158. The molecule has 0 aliphatic heterocycles. The van der Waals surface area contributed by atoms with E-state index in [2.05, 4.69) is 15.5 Å². The number of amides is 1. The van der Waals surface area contributed by atoms with Crippen LogP contribution >= 0.6 is 23.2 Å². The first-order chi connectivity index (χ1) is 12.3. The highest BCUT2D eigenvalue weighted by Crippen LogP contribution is 2.21. The number of anilines is 1. The quantitative estimate of drug-likeness (QED) is 0.707. The predicted octanol–water partition coefficient (Wildman–Crippen LogP) is 4.08. The van der Waals surface area contributed by atoms with E-state index in [-0.39, 0.29) is 12.5 Å². The van der Waals surface area contributed by atoms with Gasteiger partial charge in [0, 0.05) is 23.0 Å². The Morgan fingerprint density at radius 1 is 1.31 bits per heavy atom. The lowest BCUT2D eigenvalue weighted by Crippen LogP contribution is -2.23. The van der Waals surface area contributed by atoms with Crippen LogP contribution < -0.4 is 5.32 Å². The Morgan fingerprint density at radius 2 is 2.08 bits per heavy atom. The first-order valence-corrected chi connectivity index (χ1v) is 8.58. The third-order valence-electron chi connectivity index (χ3n) is 3.92. The normalized spacial score (nSPS) is 12.2.